The number of hydrogen-bond donors (Lipinski definition) is 0. The second-order valence-corrected chi connectivity index (χ2v) is 5.27. The lowest BCUT2D eigenvalue weighted by Gasteiger charge is -2.34. The fraction of sp³-hybridized carbons (Fsp3) is 0.400. The molecular formula is C15H18FN5. The van der Waals surface area contributed by atoms with Gasteiger partial charge in [-0.3, -0.25) is 9.88 Å². The molecule has 0 amide bonds. The normalized spacial score (nSPS) is 16.2. The smallest absolute Gasteiger partial charge is 0.225 e. The van der Waals surface area contributed by atoms with E-state index in [-0.39, 0.29) is 5.82 Å². The fourth-order valence-corrected chi connectivity index (χ4v) is 2.49. The third-order valence-electron chi connectivity index (χ3n) is 3.60. The minimum atomic E-state index is -0.278. The van der Waals surface area contributed by atoms with Crippen LogP contribution in [0.4, 0.5) is 10.3 Å². The summed E-state index contributed by atoms with van der Waals surface area (Å²) in [5, 5.41) is 0. The highest BCUT2D eigenvalue weighted by Crippen LogP contribution is 2.13. The number of piperazine rings is 1. The highest BCUT2D eigenvalue weighted by Gasteiger charge is 2.19. The summed E-state index contributed by atoms with van der Waals surface area (Å²) in [4.78, 5) is 17.1. The van der Waals surface area contributed by atoms with Gasteiger partial charge in [0, 0.05) is 50.8 Å². The Bertz CT molecular complexity index is 611. The number of pyridine rings is 1. The van der Waals surface area contributed by atoms with Gasteiger partial charge in [-0.15, -0.1) is 0 Å². The molecule has 110 valence electrons. The van der Waals surface area contributed by atoms with E-state index in [9.17, 15) is 4.39 Å². The Morgan fingerprint density at radius 2 is 2.00 bits per heavy atom. The molecule has 3 rings (SSSR count). The van der Waals surface area contributed by atoms with Crippen LogP contribution in [0.3, 0.4) is 0 Å². The first kappa shape index (κ1) is 13.9. The third-order valence-corrected chi connectivity index (χ3v) is 3.60. The van der Waals surface area contributed by atoms with Gasteiger partial charge < -0.3 is 4.90 Å². The van der Waals surface area contributed by atoms with Crippen molar-refractivity contribution in [3.8, 4) is 0 Å². The second kappa shape index (κ2) is 6.13. The molecule has 0 aliphatic carbocycles. The molecule has 2 aromatic rings. The fourth-order valence-electron chi connectivity index (χ4n) is 2.49. The summed E-state index contributed by atoms with van der Waals surface area (Å²) in [6.45, 7) is 6.28. The quantitative estimate of drug-likeness (QED) is 0.859. The summed E-state index contributed by atoms with van der Waals surface area (Å²) in [5.41, 5.74) is 1.89. The van der Waals surface area contributed by atoms with Crippen molar-refractivity contribution < 1.29 is 4.39 Å². The van der Waals surface area contributed by atoms with E-state index in [4.69, 9.17) is 0 Å². The summed E-state index contributed by atoms with van der Waals surface area (Å²) in [6.07, 6.45) is 4.75. The van der Waals surface area contributed by atoms with Crippen molar-refractivity contribution in [2.45, 2.75) is 13.5 Å². The zero-order valence-electron chi connectivity index (χ0n) is 12.0. The van der Waals surface area contributed by atoms with E-state index in [0.717, 1.165) is 49.9 Å². The number of hydrogen-bond acceptors (Lipinski definition) is 5. The van der Waals surface area contributed by atoms with Gasteiger partial charge in [-0.05, 0) is 24.6 Å². The van der Waals surface area contributed by atoms with E-state index in [2.05, 4.69) is 24.8 Å². The maximum atomic E-state index is 13.1. The molecule has 3 heterocycles. The van der Waals surface area contributed by atoms with Crippen molar-refractivity contribution in [1.29, 1.82) is 0 Å². The minimum Gasteiger partial charge on any atom is -0.338 e. The van der Waals surface area contributed by atoms with Crippen LogP contribution < -0.4 is 4.90 Å². The molecule has 0 unspecified atom stereocenters. The molecule has 2 aromatic heterocycles. The van der Waals surface area contributed by atoms with Crippen LogP contribution in [0.5, 0.6) is 0 Å². The molecule has 0 N–H and O–H groups in total. The lowest BCUT2D eigenvalue weighted by molar-refractivity contribution is 0.248. The van der Waals surface area contributed by atoms with Crippen molar-refractivity contribution in [3.63, 3.8) is 0 Å². The third kappa shape index (κ3) is 3.52. The van der Waals surface area contributed by atoms with Crippen LogP contribution in [-0.4, -0.2) is 46.0 Å². The average Bonchev–Trinajstić information content (AvgIpc) is 2.48. The summed E-state index contributed by atoms with van der Waals surface area (Å²) >= 11 is 0. The van der Waals surface area contributed by atoms with Gasteiger partial charge in [-0.2, -0.15) is 0 Å². The van der Waals surface area contributed by atoms with Crippen molar-refractivity contribution in [2.24, 2.45) is 0 Å². The van der Waals surface area contributed by atoms with Gasteiger partial charge in [-0.25, -0.2) is 14.4 Å². The number of aromatic nitrogens is 3. The van der Waals surface area contributed by atoms with E-state index in [0.29, 0.717) is 0 Å². The molecule has 6 heteroatoms. The van der Waals surface area contributed by atoms with Crippen LogP contribution in [-0.2, 0) is 6.54 Å². The average molecular weight is 287 g/mol. The Morgan fingerprint density at radius 1 is 1.19 bits per heavy atom. The van der Waals surface area contributed by atoms with Crippen molar-refractivity contribution in [3.05, 3.63) is 47.8 Å². The first-order valence-corrected chi connectivity index (χ1v) is 7.07. The van der Waals surface area contributed by atoms with Gasteiger partial charge in [0.25, 0.3) is 0 Å². The second-order valence-electron chi connectivity index (χ2n) is 5.27. The number of anilines is 1. The van der Waals surface area contributed by atoms with Crippen molar-refractivity contribution in [1.82, 2.24) is 19.9 Å². The largest absolute Gasteiger partial charge is 0.338 e. The predicted octanol–water partition coefficient (Wildman–Crippen LogP) is 1.64. The zero-order valence-corrected chi connectivity index (χ0v) is 12.0. The topological polar surface area (TPSA) is 45.2 Å². The molecule has 0 atom stereocenters. The molecule has 0 saturated carbocycles. The molecule has 1 aliphatic rings. The lowest BCUT2D eigenvalue weighted by Crippen LogP contribution is -2.46. The van der Waals surface area contributed by atoms with Gasteiger partial charge >= 0.3 is 0 Å². The van der Waals surface area contributed by atoms with Gasteiger partial charge in [0.05, 0.1) is 6.20 Å². The van der Waals surface area contributed by atoms with Crippen molar-refractivity contribution >= 4 is 5.95 Å². The van der Waals surface area contributed by atoms with Gasteiger partial charge in [0.2, 0.25) is 5.95 Å². The molecule has 21 heavy (non-hydrogen) atoms. The van der Waals surface area contributed by atoms with E-state index in [1.54, 1.807) is 18.5 Å². The molecule has 1 aliphatic heterocycles. The highest BCUT2D eigenvalue weighted by atomic mass is 19.1. The Kier molecular flexibility index (Phi) is 4.06. The van der Waals surface area contributed by atoms with Crippen molar-refractivity contribution in [2.75, 3.05) is 31.1 Å². The maximum absolute atomic E-state index is 13.1. The molecule has 5 nitrogen and oxygen atoms in total. The Balaban J connectivity index is 1.58. The molecule has 0 bridgehead atoms. The van der Waals surface area contributed by atoms with Crippen LogP contribution in [0.1, 0.15) is 11.3 Å². The maximum Gasteiger partial charge on any atom is 0.225 e. The van der Waals surface area contributed by atoms with E-state index in [1.165, 1.54) is 6.20 Å². The van der Waals surface area contributed by atoms with Crippen LogP contribution in [0.25, 0.3) is 0 Å². The molecule has 0 spiro atoms. The Morgan fingerprint density at radius 3 is 2.71 bits per heavy atom. The first-order chi connectivity index (χ1) is 10.2. The van der Waals surface area contributed by atoms with Crippen LogP contribution in [0.15, 0.2) is 30.7 Å². The molecule has 0 radical (unpaired) electrons. The highest BCUT2D eigenvalue weighted by molar-refractivity contribution is 5.30. The molecule has 1 saturated heterocycles. The van der Waals surface area contributed by atoms with Crippen LogP contribution in [0.2, 0.25) is 0 Å². The van der Waals surface area contributed by atoms with E-state index in [1.807, 2.05) is 13.0 Å². The predicted molar refractivity (Wildman–Crippen MR) is 78.5 cm³/mol. The summed E-state index contributed by atoms with van der Waals surface area (Å²) in [6, 6.07) is 3.44. The summed E-state index contributed by atoms with van der Waals surface area (Å²) in [7, 11) is 0. The van der Waals surface area contributed by atoms with Gasteiger partial charge in [0.15, 0.2) is 0 Å². The van der Waals surface area contributed by atoms with Crippen LogP contribution >= 0.6 is 0 Å². The van der Waals surface area contributed by atoms with Crippen LogP contribution in [0, 0.1) is 12.7 Å². The molecule has 1 fully saturated rings. The standard InChI is InChI=1S/C15H18FN5/c1-12-2-3-18-15(19-12)21-6-4-20(5-7-21)11-13-8-14(16)10-17-9-13/h2-3,8-10H,4-7,11H2,1H3. The molecule has 0 aromatic carbocycles. The van der Waals surface area contributed by atoms with Gasteiger partial charge in [-0.1, -0.05) is 0 Å². The number of aryl methyl sites for hydroxylation is 1. The van der Waals surface area contributed by atoms with Gasteiger partial charge in [0.1, 0.15) is 5.82 Å². The lowest BCUT2D eigenvalue weighted by atomic mass is 10.2. The summed E-state index contributed by atoms with van der Waals surface area (Å²) < 4.78 is 13.1. The van der Waals surface area contributed by atoms with E-state index < -0.39 is 0 Å². The van der Waals surface area contributed by atoms with E-state index >= 15 is 0 Å². The summed E-state index contributed by atoms with van der Waals surface area (Å²) in [5.74, 6) is 0.515. The first-order valence-electron chi connectivity index (χ1n) is 7.07. The number of rotatable bonds is 3. The minimum absolute atomic E-state index is 0.278. The SMILES string of the molecule is Cc1ccnc(N2CCN(Cc3cncc(F)c3)CC2)n1. The Hall–Kier alpha value is -2.08. The molecular weight excluding hydrogens is 269 g/mol. The number of nitrogens with zero attached hydrogens (tertiary/aromatic N) is 5. The zero-order chi connectivity index (χ0) is 14.7. The number of halogens is 1. The monoisotopic (exact) mass is 287 g/mol. The Labute approximate surface area is 123 Å².